The van der Waals surface area contributed by atoms with Crippen LogP contribution in [0.25, 0.3) is 10.8 Å². The van der Waals surface area contributed by atoms with Crippen molar-refractivity contribution >= 4 is 10.8 Å². The largest absolute Gasteiger partial charge is 0.295 e. The van der Waals surface area contributed by atoms with Crippen LogP contribution in [-0.4, -0.2) is 18.5 Å². The van der Waals surface area contributed by atoms with Gasteiger partial charge >= 0.3 is 0 Å². The summed E-state index contributed by atoms with van der Waals surface area (Å²) in [7, 11) is 2.25. The molecule has 1 unspecified atom stereocenters. The minimum Gasteiger partial charge on any atom is -0.295 e. The smallest absolute Gasteiger partial charge is 0.0610 e. The molecule has 1 heteroatoms. The lowest BCUT2D eigenvalue weighted by molar-refractivity contribution is 0.265. The zero-order valence-electron chi connectivity index (χ0n) is 13.2. The lowest BCUT2D eigenvalue weighted by Gasteiger charge is -2.36. The Morgan fingerprint density at radius 1 is 0.909 bits per heavy atom. The molecule has 3 aromatic rings. The zero-order chi connectivity index (χ0) is 15.1. The van der Waals surface area contributed by atoms with Crippen molar-refractivity contribution in [2.75, 3.05) is 13.6 Å². The van der Waals surface area contributed by atoms with Crippen LogP contribution < -0.4 is 0 Å². The number of nitrogens with zero attached hydrogens (tertiary/aromatic N) is 1. The van der Waals surface area contributed by atoms with Gasteiger partial charge < -0.3 is 0 Å². The van der Waals surface area contributed by atoms with E-state index in [9.17, 15) is 0 Å². The second-order valence-electron chi connectivity index (χ2n) is 6.35. The molecular formula is C21H21N. The van der Waals surface area contributed by atoms with Crippen LogP contribution in [0, 0.1) is 6.92 Å². The maximum Gasteiger partial charge on any atom is 0.0610 e. The van der Waals surface area contributed by atoms with Crippen molar-refractivity contribution in [1.82, 2.24) is 4.90 Å². The SMILES string of the molecule is Cc1ccc2ccccc2c1C1c2ccccc2CCN1C. The van der Waals surface area contributed by atoms with Crippen molar-refractivity contribution in [3.05, 3.63) is 82.9 Å². The van der Waals surface area contributed by atoms with Crippen molar-refractivity contribution in [1.29, 1.82) is 0 Å². The highest BCUT2D eigenvalue weighted by Gasteiger charge is 2.28. The Labute approximate surface area is 132 Å². The number of benzene rings is 3. The summed E-state index contributed by atoms with van der Waals surface area (Å²) >= 11 is 0. The van der Waals surface area contributed by atoms with E-state index in [1.165, 1.54) is 33.0 Å². The van der Waals surface area contributed by atoms with E-state index in [1.807, 2.05) is 0 Å². The Kier molecular flexibility index (Phi) is 3.24. The molecule has 0 saturated carbocycles. The van der Waals surface area contributed by atoms with Crippen LogP contribution in [0.2, 0.25) is 0 Å². The molecule has 0 aliphatic carbocycles. The van der Waals surface area contributed by atoms with E-state index in [0.29, 0.717) is 6.04 Å². The van der Waals surface area contributed by atoms with Gasteiger partial charge in [0.25, 0.3) is 0 Å². The monoisotopic (exact) mass is 287 g/mol. The molecule has 1 atom stereocenters. The number of hydrogen-bond donors (Lipinski definition) is 0. The molecule has 0 N–H and O–H groups in total. The first-order valence-electron chi connectivity index (χ1n) is 8.02. The molecule has 0 bridgehead atoms. The molecule has 0 aromatic heterocycles. The summed E-state index contributed by atoms with van der Waals surface area (Å²) in [6.45, 7) is 3.36. The van der Waals surface area contributed by atoms with Gasteiger partial charge in [0.1, 0.15) is 0 Å². The summed E-state index contributed by atoms with van der Waals surface area (Å²) in [5.74, 6) is 0. The topological polar surface area (TPSA) is 3.24 Å². The summed E-state index contributed by atoms with van der Waals surface area (Å²) in [5.41, 5.74) is 5.81. The molecule has 0 saturated heterocycles. The third kappa shape index (κ3) is 2.05. The molecule has 1 aliphatic rings. The molecule has 1 aliphatic heterocycles. The van der Waals surface area contributed by atoms with E-state index in [-0.39, 0.29) is 0 Å². The van der Waals surface area contributed by atoms with E-state index < -0.39 is 0 Å². The van der Waals surface area contributed by atoms with Crippen molar-refractivity contribution in [3.63, 3.8) is 0 Å². The van der Waals surface area contributed by atoms with Crippen molar-refractivity contribution < 1.29 is 0 Å². The van der Waals surface area contributed by atoms with Crippen molar-refractivity contribution in [3.8, 4) is 0 Å². The molecule has 0 radical (unpaired) electrons. The normalized spacial score (nSPS) is 18.4. The zero-order valence-corrected chi connectivity index (χ0v) is 13.2. The van der Waals surface area contributed by atoms with Crippen molar-refractivity contribution in [2.45, 2.75) is 19.4 Å². The molecule has 3 aromatic carbocycles. The standard InChI is InChI=1S/C21H21N/c1-15-11-12-16-7-3-5-9-18(16)20(15)21-19-10-6-4-8-17(19)13-14-22(21)2/h3-12,21H,13-14H2,1-2H3. The van der Waals surface area contributed by atoms with Crippen LogP contribution >= 0.6 is 0 Å². The molecule has 0 amide bonds. The van der Waals surface area contributed by atoms with Gasteiger partial charge in [-0.3, -0.25) is 4.90 Å². The Morgan fingerprint density at radius 2 is 1.68 bits per heavy atom. The molecule has 4 rings (SSSR count). The summed E-state index contributed by atoms with van der Waals surface area (Å²) in [4.78, 5) is 2.50. The fourth-order valence-electron chi connectivity index (χ4n) is 3.84. The number of hydrogen-bond acceptors (Lipinski definition) is 1. The fourth-order valence-corrected chi connectivity index (χ4v) is 3.84. The summed E-state index contributed by atoms with van der Waals surface area (Å²) in [5, 5.41) is 2.72. The second kappa shape index (κ2) is 5.26. The van der Waals surface area contributed by atoms with Gasteiger partial charge in [-0.1, -0.05) is 60.7 Å². The number of aryl methyl sites for hydroxylation is 1. The first-order valence-corrected chi connectivity index (χ1v) is 8.02. The number of likely N-dealkylation sites (N-methyl/N-ethyl adjacent to an activating group) is 1. The number of rotatable bonds is 1. The predicted molar refractivity (Wildman–Crippen MR) is 93.3 cm³/mol. The van der Waals surface area contributed by atoms with E-state index in [1.54, 1.807) is 0 Å². The van der Waals surface area contributed by atoms with Crippen LogP contribution in [0.1, 0.15) is 28.3 Å². The van der Waals surface area contributed by atoms with Gasteiger partial charge in [0.15, 0.2) is 0 Å². The molecule has 110 valence electrons. The molecular weight excluding hydrogens is 266 g/mol. The van der Waals surface area contributed by atoms with E-state index in [0.717, 1.165) is 13.0 Å². The average molecular weight is 287 g/mol. The van der Waals surface area contributed by atoms with Crippen LogP contribution in [0.3, 0.4) is 0 Å². The minimum absolute atomic E-state index is 0.357. The minimum atomic E-state index is 0.357. The maximum atomic E-state index is 2.50. The molecule has 0 spiro atoms. The van der Waals surface area contributed by atoms with Crippen LogP contribution in [-0.2, 0) is 6.42 Å². The van der Waals surface area contributed by atoms with Gasteiger partial charge in [-0.25, -0.2) is 0 Å². The lowest BCUT2D eigenvalue weighted by Crippen LogP contribution is -2.33. The quantitative estimate of drug-likeness (QED) is 0.625. The Balaban J connectivity index is 2.01. The van der Waals surface area contributed by atoms with Gasteiger partial charge in [-0.2, -0.15) is 0 Å². The highest BCUT2D eigenvalue weighted by molar-refractivity contribution is 5.87. The Morgan fingerprint density at radius 3 is 2.59 bits per heavy atom. The summed E-state index contributed by atoms with van der Waals surface area (Å²) in [6, 6.07) is 22.5. The highest BCUT2D eigenvalue weighted by Crippen LogP contribution is 2.38. The predicted octanol–water partition coefficient (Wildman–Crippen LogP) is 4.73. The maximum absolute atomic E-state index is 2.50. The van der Waals surface area contributed by atoms with Crippen molar-refractivity contribution in [2.24, 2.45) is 0 Å². The fraction of sp³-hybridized carbons (Fsp3) is 0.238. The van der Waals surface area contributed by atoms with Gasteiger partial charge in [0.2, 0.25) is 0 Å². The highest BCUT2D eigenvalue weighted by atomic mass is 15.1. The molecule has 1 heterocycles. The third-order valence-electron chi connectivity index (χ3n) is 4.99. The average Bonchev–Trinajstić information content (AvgIpc) is 2.56. The van der Waals surface area contributed by atoms with Gasteiger partial charge in [-0.05, 0) is 53.4 Å². The van der Waals surface area contributed by atoms with Crippen LogP contribution in [0.15, 0.2) is 60.7 Å². The molecule has 1 nitrogen and oxygen atoms in total. The first kappa shape index (κ1) is 13.5. The Bertz CT molecular complexity index is 834. The summed E-state index contributed by atoms with van der Waals surface area (Å²) < 4.78 is 0. The van der Waals surface area contributed by atoms with Gasteiger partial charge in [-0.15, -0.1) is 0 Å². The van der Waals surface area contributed by atoms with E-state index >= 15 is 0 Å². The lowest BCUT2D eigenvalue weighted by atomic mass is 9.84. The number of fused-ring (bicyclic) bond motifs is 2. The second-order valence-corrected chi connectivity index (χ2v) is 6.35. The molecule has 22 heavy (non-hydrogen) atoms. The van der Waals surface area contributed by atoms with Crippen LogP contribution in [0.5, 0.6) is 0 Å². The molecule has 0 fully saturated rings. The summed E-state index contributed by atoms with van der Waals surface area (Å²) in [6.07, 6.45) is 1.15. The first-order chi connectivity index (χ1) is 10.8. The Hall–Kier alpha value is -2.12. The van der Waals surface area contributed by atoms with Gasteiger partial charge in [0.05, 0.1) is 6.04 Å². The van der Waals surface area contributed by atoms with Gasteiger partial charge in [0, 0.05) is 6.54 Å². The van der Waals surface area contributed by atoms with Crippen LogP contribution in [0.4, 0.5) is 0 Å². The van der Waals surface area contributed by atoms with E-state index in [2.05, 4.69) is 79.5 Å². The third-order valence-corrected chi connectivity index (χ3v) is 4.99. The van der Waals surface area contributed by atoms with E-state index in [4.69, 9.17) is 0 Å².